The first kappa shape index (κ1) is 18.3. The molecule has 0 spiro atoms. The molecular formula is C21H15FN4O3. The van der Waals surface area contributed by atoms with E-state index >= 15 is 0 Å². The summed E-state index contributed by atoms with van der Waals surface area (Å²) < 4.78 is 18.2. The van der Waals surface area contributed by atoms with Crippen molar-refractivity contribution in [3.8, 4) is 11.3 Å². The Hall–Kier alpha value is -4.07. The highest BCUT2D eigenvalue weighted by Gasteiger charge is 2.20. The first-order chi connectivity index (χ1) is 14.0. The van der Waals surface area contributed by atoms with Crippen LogP contribution in [-0.2, 0) is 0 Å². The molecule has 0 aliphatic rings. The number of carbonyl (C=O) groups excluding carboxylic acids is 2. The SMILES string of the molecule is Cc1noc2nc(-c3ccccc3)cc(C(=O)NNC(=O)c3ccc(F)cc3)c12. The van der Waals surface area contributed by atoms with Gasteiger partial charge in [-0.15, -0.1) is 0 Å². The van der Waals surface area contributed by atoms with Crippen molar-refractivity contribution in [3.63, 3.8) is 0 Å². The van der Waals surface area contributed by atoms with Gasteiger partial charge in [-0.3, -0.25) is 20.4 Å². The van der Waals surface area contributed by atoms with Gasteiger partial charge in [0.05, 0.1) is 22.3 Å². The minimum Gasteiger partial charge on any atom is -0.335 e. The van der Waals surface area contributed by atoms with Crippen LogP contribution in [0.2, 0.25) is 0 Å². The van der Waals surface area contributed by atoms with Crippen LogP contribution in [0.3, 0.4) is 0 Å². The van der Waals surface area contributed by atoms with Gasteiger partial charge < -0.3 is 4.52 Å². The number of hydrazine groups is 1. The number of halogens is 1. The van der Waals surface area contributed by atoms with Crippen LogP contribution in [-0.4, -0.2) is 22.0 Å². The van der Waals surface area contributed by atoms with Crippen LogP contribution in [0, 0.1) is 12.7 Å². The van der Waals surface area contributed by atoms with Gasteiger partial charge in [-0.25, -0.2) is 9.37 Å². The molecule has 0 saturated heterocycles. The summed E-state index contributed by atoms with van der Waals surface area (Å²) in [4.78, 5) is 29.4. The van der Waals surface area contributed by atoms with E-state index in [0.29, 0.717) is 16.8 Å². The fourth-order valence-electron chi connectivity index (χ4n) is 2.88. The maximum absolute atomic E-state index is 13.0. The minimum absolute atomic E-state index is 0.206. The molecule has 8 heteroatoms. The van der Waals surface area contributed by atoms with Gasteiger partial charge in [-0.2, -0.15) is 0 Å². The number of rotatable bonds is 3. The number of fused-ring (bicyclic) bond motifs is 1. The van der Waals surface area contributed by atoms with Crippen LogP contribution < -0.4 is 10.9 Å². The van der Waals surface area contributed by atoms with E-state index in [9.17, 15) is 14.0 Å². The lowest BCUT2D eigenvalue weighted by Crippen LogP contribution is -2.41. The zero-order valence-corrected chi connectivity index (χ0v) is 15.3. The van der Waals surface area contributed by atoms with E-state index in [1.165, 1.54) is 12.1 Å². The van der Waals surface area contributed by atoms with Crippen LogP contribution in [0.4, 0.5) is 4.39 Å². The summed E-state index contributed by atoms with van der Waals surface area (Å²) in [5.41, 5.74) is 7.21. The molecule has 2 amide bonds. The smallest absolute Gasteiger partial charge is 0.270 e. The Morgan fingerprint density at radius 3 is 2.38 bits per heavy atom. The molecule has 4 aromatic rings. The zero-order valence-electron chi connectivity index (χ0n) is 15.3. The van der Waals surface area contributed by atoms with Gasteiger partial charge in [0.1, 0.15) is 5.82 Å². The monoisotopic (exact) mass is 390 g/mol. The minimum atomic E-state index is -0.575. The average molecular weight is 390 g/mol. The predicted molar refractivity (Wildman–Crippen MR) is 103 cm³/mol. The van der Waals surface area contributed by atoms with Gasteiger partial charge in [0.2, 0.25) is 0 Å². The number of nitrogens with zero attached hydrogens (tertiary/aromatic N) is 2. The number of amides is 2. The Morgan fingerprint density at radius 1 is 0.966 bits per heavy atom. The van der Waals surface area contributed by atoms with Crippen molar-refractivity contribution in [2.45, 2.75) is 6.92 Å². The van der Waals surface area contributed by atoms with Gasteiger partial charge in [0, 0.05) is 11.1 Å². The molecule has 2 aromatic carbocycles. The molecule has 2 aromatic heterocycles. The molecule has 29 heavy (non-hydrogen) atoms. The van der Waals surface area contributed by atoms with Crippen molar-refractivity contribution in [1.29, 1.82) is 0 Å². The molecule has 2 heterocycles. The molecule has 144 valence electrons. The van der Waals surface area contributed by atoms with Crippen molar-refractivity contribution >= 4 is 22.9 Å². The Kier molecular flexibility index (Phi) is 4.74. The van der Waals surface area contributed by atoms with Crippen molar-refractivity contribution in [1.82, 2.24) is 21.0 Å². The first-order valence-electron chi connectivity index (χ1n) is 8.71. The van der Waals surface area contributed by atoms with Gasteiger partial charge >= 0.3 is 0 Å². The summed E-state index contributed by atoms with van der Waals surface area (Å²) in [5.74, 6) is -1.59. The molecule has 0 saturated carbocycles. The van der Waals surface area contributed by atoms with E-state index in [-0.39, 0.29) is 16.8 Å². The maximum Gasteiger partial charge on any atom is 0.270 e. The quantitative estimate of drug-likeness (QED) is 0.523. The summed E-state index contributed by atoms with van der Waals surface area (Å²) in [6.45, 7) is 1.70. The maximum atomic E-state index is 13.0. The average Bonchev–Trinajstić information content (AvgIpc) is 3.13. The highest BCUT2D eigenvalue weighted by Crippen LogP contribution is 2.26. The number of aromatic nitrogens is 2. The van der Waals surface area contributed by atoms with Crippen LogP contribution in [0.25, 0.3) is 22.4 Å². The number of hydrogen-bond donors (Lipinski definition) is 2. The highest BCUT2D eigenvalue weighted by atomic mass is 19.1. The molecule has 4 rings (SSSR count). The summed E-state index contributed by atoms with van der Waals surface area (Å²) in [6, 6.07) is 15.9. The summed E-state index contributed by atoms with van der Waals surface area (Å²) in [5, 5.41) is 4.34. The van der Waals surface area contributed by atoms with Gasteiger partial charge in [0.25, 0.3) is 17.5 Å². The number of aryl methyl sites for hydroxylation is 1. The summed E-state index contributed by atoms with van der Waals surface area (Å²) >= 11 is 0. The van der Waals surface area contributed by atoms with E-state index in [1.807, 2.05) is 30.3 Å². The molecule has 0 radical (unpaired) electrons. The Labute approximate surface area is 164 Å². The third-order valence-corrected chi connectivity index (χ3v) is 4.33. The number of pyridine rings is 1. The second-order valence-electron chi connectivity index (χ2n) is 6.28. The standard InChI is InChI=1S/C21H15FN4O3/c1-12-18-16(20(28)25-24-19(27)14-7-9-15(22)10-8-14)11-17(23-21(18)29-26-12)13-5-3-2-4-6-13/h2-11H,1H3,(H,24,27)(H,25,28). The predicted octanol–water partition coefficient (Wildman–Crippen LogP) is 3.41. The van der Waals surface area contributed by atoms with E-state index in [0.717, 1.165) is 17.7 Å². The largest absolute Gasteiger partial charge is 0.335 e. The third kappa shape index (κ3) is 3.68. The molecule has 7 nitrogen and oxygen atoms in total. The lowest BCUT2D eigenvalue weighted by atomic mass is 10.1. The fraction of sp³-hybridized carbons (Fsp3) is 0.0476. The fourth-order valence-corrected chi connectivity index (χ4v) is 2.88. The third-order valence-electron chi connectivity index (χ3n) is 4.33. The van der Waals surface area contributed by atoms with Crippen molar-refractivity contribution in [2.24, 2.45) is 0 Å². The topological polar surface area (TPSA) is 97.1 Å². The zero-order chi connectivity index (χ0) is 20.4. The Morgan fingerprint density at radius 2 is 1.66 bits per heavy atom. The number of nitrogens with one attached hydrogen (secondary N) is 2. The number of hydrogen-bond acceptors (Lipinski definition) is 5. The normalized spacial score (nSPS) is 10.7. The lowest BCUT2D eigenvalue weighted by Gasteiger charge is -2.09. The van der Waals surface area contributed by atoms with Crippen LogP contribution in [0.15, 0.2) is 65.2 Å². The first-order valence-corrected chi connectivity index (χ1v) is 8.71. The van der Waals surface area contributed by atoms with Crippen LogP contribution >= 0.6 is 0 Å². The molecule has 0 unspecified atom stereocenters. The lowest BCUT2D eigenvalue weighted by molar-refractivity contribution is 0.0847. The second kappa shape index (κ2) is 7.51. The van der Waals surface area contributed by atoms with E-state index < -0.39 is 17.6 Å². The number of benzene rings is 2. The molecular weight excluding hydrogens is 375 g/mol. The second-order valence-corrected chi connectivity index (χ2v) is 6.28. The molecule has 0 aliphatic carbocycles. The van der Waals surface area contributed by atoms with Crippen molar-refractivity contribution in [2.75, 3.05) is 0 Å². The molecule has 2 N–H and O–H groups in total. The van der Waals surface area contributed by atoms with E-state index in [2.05, 4.69) is 21.0 Å². The summed E-state index contributed by atoms with van der Waals surface area (Å²) in [7, 11) is 0. The Balaban J connectivity index is 1.63. The van der Waals surface area contributed by atoms with Gasteiger partial charge in [-0.1, -0.05) is 35.5 Å². The molecule has 0 atom stereocenters. The molecule has 0 aliphatic heterocycles. The Bertz CT molecular complexity index is 1200. The summed E-state index contributed by atoms with van der Waals surface area (Å²) in [6.07, 6.45) is 0. The van der Waals surface area contributed by atoms with Crippen molar-refractivity contribution < 1.29 is 18.5 Å². The highest BCUT2D eigenvalue weighted by molar-refractivity contribution is 6.08. The van der Waals surface area contributed by atoms with Crippen molar-refractivity contribution in [3.05, 3.63) is 83.3 Å². The van der Waals surface area contributed by atoms with E-state index in [4.69, 9.17) is 4.52 Å². The van der Waals surface area contributed by atoms with Crippen LogP contribution in [0.1, 0.15) is 26.4 Å². The van der Waals surface area contributed by atoms with Gasteiger partial charge in [-0.05, 0) is 37.3 Å². The molecule has 0 fully saturated rings. The van der Waals surface area contributed by atoms with E-state index in [1.54, 1.807) is 13.0 Å². The van der Waals surface area contributed by atoms with Crippen LogP contribution in [0.5, 0.6) is 0 Å². The number of carbonyl (C=O) groups is 2. The van der Waals surface area contributed by atoms with Gasteiger partial charge in [0.15, 0.2) is 0 Å². The molecule has 0 bridgehead atoms.